The van der Waals surface area contributed by atoms with Crippen LogP contribution in [0.25, 0.3) is 0 Å². The van der Waals surface area contributed by atoms with Gasteiger partial charge in [0.2, 0.25) is 6.79 Å². The van der Waals surface area contributed by atoms with Gasteiger partial charge >= 0.3 is 5.97 Å². The number of fused-ring (bicyclic) bond motifs is 1. The molecule has 1 aliphatic rings. The van der Waals surface area contributed by atoms with Crippen molar-refractivity contribution in [1.82, 2.24) is 9.55 Å². The lowest BCUT2D eigenvalue weighted by Gasteiger charge is -2.25. The molecule has 1 aliphatic heterocycles. The van der Waals surface area contributed by atoms with E-state index in [0.717, 1.165) is 5.56 Å². The Balaban J connectivity index is 1.88. The summed E-state index contributed by atoms with van der Waals surface area (Å²) in [7, 11) is 0. The molecule has 0 saturated carbocycles. The molecule has 2 aromatic carbocycles. The minimum Gasteiger partial charge on any atom is -0.476 e. The molecule has 1 atom stereocenters. The van der Waals surface area contributed by atoms with E-state index in [1.807, 2.05) is 30.5 Å². The Hall–Kier alpha value is -2.42. The highest BCUT2D eigenvalue weighted by Crippen LogP contribution is 2.43. The smallest absolute Gasteiger partial charge is 0.356 e. The highest BCUT2D eigenvalue weighted by atomic mass is 79.9. The average molecular weight is 527 g/mol. The van der Waals surface area contributed by atoms with Crippen molar-refractivity contribution in [2.75, 3.05) is 12.1 Å². The normalized spacial score (nSPS) is 13.5. The summed E-state index contributed by atoms with van der Waals surface area (Å²) in [4.78, 5) is 16.3. The van der Waals surface area contributed by atoms with Crippen LogP contribution >= 0.6 is 39.1 Å². The van der Waals surface area contributed by atoms with Crippen molar-refractivity contribution >= 4 is 50.8 Å². The largest absolute Gasteiger partial charge is 0.476 e. The van der Waals surface area contributed by atoms with Gasteiger partial charge in [-0.2, -0.15) is 0 Å². The van der Waals surface area contributed by atoms with E-state index in [1.54, 1.807) is 24.3 Å². The van der Waals surface area contributed by atoms with Gasteiger partial charge in [-0.25, -0.2) is 9.78 Å². The lowest BCUT2D eigenvalue weighted by atomic mass is 10.0. The van der Waals surface area contributed by atoms with Gasteiger partial charge < -0.3 is 24.5 Å². The SMILES string of the molecule is CC(C)n1c(Br)nc(C(=O)O)c1C(Nc1cc(Cl)c2c(c1)OCO2)c1ccc(Cl)cc1. The van der Waals surface area contributed by atoms with Crippen molar-refractivity contribution < 1.29 is 19.4 Å². The molecule has 3 aromatic rings. The second-order valence-corrected chi connectivity index (χ2v) is 8.76. The molecule has 10 heteroatoms. The molecule has 31 heavy (non-hydrogen) atoms. The van der Waals surface area contributed by atoms with Crippen molar-refractivity contribution in [2.24, 2.45) is 0 Å². The number of halogens is 3. The Morgan fingerprint density at radius 2 is 1.94 bits per heavy atom. The maximum atomic E-state index is 12.1. The molecule has 0 spiro atoms. The molecule has 162 valence electrons. The molecule has 0 aliphatic carbocycles. The van der Waals surface area contributed by atoms with Crippen molar-refractivity contribution in [3.8, 4) is 11.5 Å². The molecule has 0 radical (unpaired) electrons. The number of nitrogens with one attached hydrogen (secondary N) is 1. The van der Waals surface area contributed by atoms with Crippen LogP contribution < -0.4 is 14.8 Å². The third-order valence-corrected chi connectivity index (χ3v) is 5.93. The van der Waals surface area contributed by atoms with Gasteiger partial charge in [-0.05, 0) is 53.5 Å². The summed E-state index contributed by atoms with van der Waals surface area (Å²) in [6.07, 6.45) is 0. The third-order valence-electron chi connectivity index (χ3n) is 4.84. The Bertz CT molecular complexity index is 1150. The van der Waals surface area contributed by atoms with Crippen LogP contribution in [0, 0.1) is 0 Å². The third kappa shape index (κ3) is 4.20. The zero-order valence-corrected chi connectivity index (χ0v) is 19.6. The fourth-order valence-corrected chi connectivity index (χ4v) is 4.69. The highest BCUT2D eigenvalue weighted by molar-refractivity contribution is 9.10. The van der Waals surface area contributed by atoms with Gasteiger partial charge in [0.15, 0.2) is 21.9 Å². The number of carboxylic acid groups (broad SMARTS) is 1. The Morgan fingerprint density at radius 3 is 2.58 bits per heavy atom. The minimum absolute atomic E-state index is 0.0538. The number of nitrogens with zero attached hydrogens (tertiary/aromatic N) is 2. The van der Waals surface area contributed by atoms with Crippen LogP contribution in [0.5, 0.6) is 11.5 Å². The summed E-state index contributed by atoms with van der Waals surface area (Å²) >= 11 is 15.9. The number of aromatic carboxylic acids is 1. The van der Waals surface area contributed by atoms with Crippen molar-refractivity contribution in [3.63, 3.8) is 0 Å². The molecule has 2 N–H and O–H groups in total. The monoisotopic (exact) mass is 525 g/mol. The second kappa shape index (κ2) is 8.61. The van der Waals surface area contributed by atoms with Gasteiger partial charge in [-0.1, -0.05) is 35.3 Å². The zero-order valence-electron chi connectivity index (χ0n) is 16.5. The van der Waals surface area contributed by atoms with Crippen LogP contribution in [0.2, 0.25) is 10.0 Å². The number of anilines is 1. The van der Waals surface area contributed by atoms with Crippen molar-refractivity contribution in [1.29, 1.82) is 0 Å². The van der Waals surface area contributed by atoms with Crippen LogP contribution in [0.3, 0.4) is 0 Å². The summed E-state index contributed by atoms with van der Waals surface area (Å²) < 4.78 is 13.1. The molecule has 1 unspecified atom stereocenters. The van der Waals surface area contributed by atoms with E-state index < -0.39 is 12.0 Å². The predicted molar refractivity (Wildman–Crippen MR) is 122 cm³/mol. The van der Waals surface area contributed by atoms with E-state index in [0.29, 0.717) is 37.7 Å². The summed E-state index contributed by atoms with van der Waals surface area (Å²) in [5, 5.41) is 14.2. The summed E-state index contributed by atoms with van der Waals surface area (Å²) in [6.45, 7) is 4.01. The van der Waals surface area contributed by atoms with Crippen LogP contribution in [0.1, 0.15) is 47.7 Å². The molecule has 0 saturated heterocycles. The summed E-state index contributed by atoms with van der Waals surface area (Å²) in [5.41, 5.74) is 1.87. The van der Waals surface area contributed by atoms with E-state index in [2.05, 4.69) is 26.2 Å². The van der Waals surface area contributed by atoms with Gasteiger partial charge in [0.05, 0.1) is 16.8 Å². The van der Waals surface area contributed by atoms with Crippen LogP contribution in [0.15, 0.2) is 41.1 Å². The van der Waals surface area contributed by atoms with Gasteiger partial charge in [-0.3, -0.25) is 0 Å². The molecule has 7 nitrogen and oxygen atoms in total. The molecule has 0 amide bonds. The molecule has 0 fully saturated rings. The lowest BCUT2D eigenvalue weighted by Crippen LogP contribution is -2.21. The van der Waals surface area contributed by atoms with Crippen molar-refractivity contribution in [3.05, 3.63) is 68.1 Å². The van der Waals surface area contributed by atoms with Crippen LogP contribution in [0.4, 0.5) is 5.69 Å². The summed E-state index contributed by atoms with van der Waals surface area (Å²) in [6, 6.07) is 10.0. The quantitative estimate of drug-likeness (QED) is 0.400. The molecule has 4 rings (SSSR count). The van der Waals surface area contributed by atoms with E-state index in [1.165, 1.54) is 0 Å². The molecular formula is C21H18BrCl2N3O4. The number of aromatic nitrogens is 2. The van der Waals surface area contributed by atoms with E-state index in [4.69, 9.17) is 32.7 Å². The maximum Gasteiger partial charge on any atom is 0.356 e. The zero-order chi connectivity index (χ0) is 22.3. The van der Waals surface area contributed by atoms with Crippen LogP contribution in [-0.4, -0.2) is 27.4 Å². The second-order valence-electron chi connectivity index (χ2n) is 7.20. The first kappa shape index (κ1) is 21.8. The fraction of sp³-hybridized carbons (Fsp3) is 0.238. The molecule has 0 bridgehead atoms. The Morgan fingerprint density at radius 1 is 1.23 bits per heavy atom. The van der Waals surface area contributed by atoms with E-state index >= 15 is 0 Å². The number of carboxylic acids is 1. The van der Waals surface area contributed by atoms with E-state index in [9.17, 15) is 9.90 Å². The van der Waals surface area contributed by atoms with E-state index in [-0.39, 0.29) is 18.5 Å². The fourth-order valence-electron chi connectivity index (χ4n) is 3.52. The lowest BCUT2D eigenvalue weighted by molar-refractivity contribution is 0.0689. The molecule has 1 aromatic heterocycles. The standard InChI is InChI=1S/C21H18BrCl2N3O4/c1-10(2)27-18(17(20(28)29)26-21(27)22)16(11-3-5-12(23)6-4-11)25-13-7-14(24)19-15(8-13)30-9-31-19/h3-8,10,16,25H,9H2,1-2H3,(H,28,29). The first-order valence-corrected chi connectivity index (χ1v) is 10.9. The highest BCUT2D eigenvalue weighted by Gasteiger charge is 2.30. The van der Waals surface area contributed by atoms with Gasteiger partial charge in [0.25, 0.3) is 0 Å². The first-order chi connectivity index (χ1) is 14.8. The number of ether oxygens (including phenoxy) is 2. The predicted octanol–water partition coefficient (Wildman–Crippen LogP) is 6.16. The number of hydrogen-bond donors (Lipinski definition) is 2. The van der Waals surface area contributed by atoms with Gasteiger partial charge in [-0.15, -0.1) is 0 Å². The van der Waals surface area contributed by atoms with Crippen LogP contribution in [-0.2, 0) is 0 Å². The first-order valence-electron chi connectivity index (χ1n) is 9.38. The van der Waals surface area contributed by atoms with Gasteiger partial charge in [0.1, 0.15) is 0 Å². The molecule has 2 heterocycles. The number of benzene rings is 2. The molecular weight excluding hydrogens is 509 g/mol. The maximum absolute atomic E-state index is 12.1. The number of imidazole rings is 1. The number of rotatable bonds is 6. The summed E-state index contributed by atoms with van der Waals surface area (Å²) in [5.74, 6) is -0.127. The Kier molecular flexibility index (Phi) is 6.05. The average Bonchev–Trinajstić information content (AvgIpc) is 3.31. The topological polar surface area (TPSA) is 85.6 Å². The van der Waals surface area contributed by atoms with Gasteiger partial charge in [0, 0.05) is 22.8 Å². The number of hydrogen-bond acceptors (Lipinski definition) is 5. The van der Waals surface area contributed by atoms with Crippen molar-refractivity contribution in [2.45, 2.75) is 25.9 Å². The number of carbonyl (C=O) groups is 1. The minimum atomic E-state index is -1.13. The Labute approximate surface area is 197 Å².